The zero-order valence-electron chi connectivity index (χ0n) is 10.2. The predicted octanol–water partition coefficient (Wildman–Crippen LogP) is 1.60. The zero-order chi connectivity index (χ0) is 13.2. The molecule has 8 heteroatoms. The third-order valence-corrected chi connectivity index (χ3v) is 7.21. The van der Waals surface area contributed by atoms with Gasteiger partial charge in [-0.2, -0.15) is 11.8 Å². The summed E-state index contributed by atoms with van der Waals surface area (Å²) in [6.45, 7) is 2.15. The number of anilines is 1. The third kappa shape index (κ3) is 3.37. The molecule has 5 nitrogen and oxygen atoms in total. The Bertz CT molecular complexity index is 506. The fourth-order valence-corrected chi connectivity index (χ4v) is 5.66. The lowest BCUT2D eigenvalue weighted by molar-refractivity contribution is 0.575. The van der Waals surface area contributed by atoms with Crippen molar-refractivity contribution in [1.29, 1.82) is 0 Å². The van der Waals surface area contributed by atoms with Gasteiger partial charge < -0.3 is 5.73 Å². The highest BCUT2D eigenvalue weighted by atomic mass is 32.2. The van der Waals surface area contributed by atoms with Crippen LogP contribution in [0.15, 0.2) is 4.21 Å². The zero-order valence-corrected chi connectivity index (χ0v) is 12.6. The van der Waals surface area contributed by atoms with Gasteiger partial charge in [0.05, 0.1) is 5.69 Å². The van der Waals surface area contributed by atoms with Crippen LogP contribution in [-0.2, 0) is 10.0 Å². The summed E-state index contributed by atoms with van der Waals surface area (Å²) in [4.78, 5) is 3.94. The number of aromatic nitrogens is 1. The number of sulfonamides is 1. The maximum atomic E-state index is 12.1. The molecule has 0 amide bonds. The van der Waals surface area contributed by atoms with Crippen LogP contribution in [0.5, 0.6) is 0 Å². The second-order valence-corrected chi connectivity index (χ2v) is 8.67. The molecule has 2 heterocycles. The summed E-state index contributed by atoms with van der Waals surface area (Å²) in [6.07, 6.45) is 3.50. The third-order valence-electron chi connectivity index (χ3n) is 2.79. The maximum Gasteiger partial charge on any atom is 0.252 e. The van der Waals surface area contributed by atoms with Crippen molar-refractivity contribution in [1.82, 2.24) is 9.71 Å². The highest BCUT2D eigenvalue weighted by molar-refractivity contribution is 8.00. The number of thiazole rings is 1. The Morgan fingerprint density at radius 3 is 2.83 bits per heavy atom. The minimum Gasteiger partial charge on any atom is -0.375 e. The molecular weight excluding hydrogens is 290 g/mol. The Balaban J connectivity index is 2.01. The fraction of sp³-hybridized carbons (Fsp3) is 0.700. The smallest absolute Gasteiger partial charge is 0.252 e. The number of hydrogen-bond acceptors (Lipinski definition) is 6. The second-order valence-electron chi connectivity index (χ2n) is 4.27. The van der Waals surface area contributed by atoms with Gasteiger partial charge in [-0.3, -0.25) is 0 Å². The van der Waals surface area contributed by atoms with Gasteiger partial charge in [-0.25, -0.2) is 18.1 Å². The molecule has 1 aliphatic rings. The Morgan fingerprint density at radius 2 is 2.28 bits per heavy atom. The summed E-state index contributed by atoms with van der Waals surface area (Å²) in [6, 6.07) is 0. The van der Waals surface area contributed by atoms with Crippen LogP contribution in [0.2, 0.25) is 0 Å². The van der Waals surface area contributed by atoms with Crippen LogP contribution >= 0.6 is 23.1 Å². The van der Waals surface area contributed by atoms with E-state index in [2.05, 4.69) is 9.71 Å². The molecule has 18 heavy (non-hydrogen) atoms. The van der Waals surface area contributed by atoms with Gasteiger partial charge >= 0.3 is 0 Å². The molecule has 1 saturated heterocycles. The molecule has 102 valence electrons. The molecular formula is C10H17N3O2S3. The molecule has 2 rings (SSSR count). The number of nitrogens with two attached hydrogens (primary N) is 1. The predicted molar refractivity (Wildman–Crippen MR) is 76.5 cm³/mol. The fourth-order valence-electron chi connectivity index (χ4n) is 1.89. The van der Waals surface area contributed by atoms with Gasteiger partial charge in [0.2, 0.25) is 0 Å². The number of nitrogens with zero attached hydrogens (tertiary/aromatic N) is 1. The van der Waals surface area contributed by atoms with E-state index < -0.39 is 10.0 Å². The Morgan fingerprint density at radius 1 is 1.50 bits per heavy atom. The van der Waals surface area contributed by atoms with Gasteiger partial charge in [-0.15, -0.1) is 0 Å². The molecule has 1 aromatic rings. The van der Waals surface area contributed by atoms with Crippen molar-refractivity contribution in [2.75, 3.05) is 18.0 Å². The minimum absolute atomic E-state index is 0.237. The molecule has 3 N–H and O–H groups in total. The largest absolute Gasteiger partial charge is 0.375 e. The summed E-state index contributed by atoms with van der Waals surface area (Å²) in [5, 5.41) is 0.680. The minimum atomic E-state index is -3.46. The van der Waals surface area contributed by atoms with Crippen molar-refractivity contribution >= 4 is 38.3 Å². The van der Waals surface area contributed by atoms with E-state index in [0.717, 1.165) is 23.5 Å². The molecule has 0 spiro atoms. The number of aryl methyl sites for hydroxylation is 1. The summed E-state index contributed by atoms with van der Waals surface area (Å²) in [5.74, 6) is 1.12. The van der Waals surface area contributed by atoms with Crippen LogP contribution in [0.1, 0.15) is 25.0 Å². The first-order chi connectivity index (χ1) is 8.49. The van der Waals surface area contributed by atoms with E-state index in [1.807, 2.05) is 11.8 Å². The average molecular weight is 307 g/mol. The molecule has 0 aliphatic carbocycles. The number of nitrogens with one attached hydrogen (secondary N) is 1. The molecule has 1 fully saturated rings. The number of nitrogen functional groups attached to an aromatic ring is 1. The van der Waals surface area contributed by atoms with Crippen LogP contribution in [0.25, 0.3) is 0 Å². The first kappa shape index (κ1) is 14.1. The lowest BCUT2D eigenvalue weighted by Gasteiger charge is -2.21. The molecule has 0 bridgehead atoms. The van der Waals surface area contributed by atoms with E-state index in [0.29, 0.717) is 22.6 Å². The van der Waals surface area contributed by atoms with Gasteiger partial charge in [0, 0.05) is 11.8 Å². The normalized spacial score (nSPS) is 21.1. The van der Waals surface area contributed by atoms with E-state index in [1.165, 1.54) is 12.8 Å². The lowest BCUT2D eigenvalue weighted by Crippen LogP contribution is -2.31. The Hall–Kier alpha value is -0.310. The van der Waals surface area contributed by atoms with Crippen molar-refractivity contribution in [2.24, 2.45) is 0 Å². The van der Waals surface area contributed by atoms with E-state index >= 15 is 0 Å². The maximum absolute atomic E-state index is 12.1. The summed E-state index contributed by atoms with van der Waals surface area (Å²) in [5.41, 5.74) is 6.00. The Kier molecular flexibility index (Phi) is 4.52. The topological polar surface area (TPSA) is 85.1 Å². The van der Waals surface area contributed by atoms with Gasteiger partial charge in [-0.1, -0.05) is 17.8 Å². The van der Waals surface area contributed by atoms with E-state index in [-0.39, 0.29) is 4.21 Å². The summed E-state index contributed by atoms with van der Waals surface area (Å²) >= 11 is 2.86. The number of thioether (sulfide) groups is 1. The van der Waals surface area contributed by atoms with E-state index in [9.17, 15) is 8.42 Å². The standard InChI is InChI=1S/C10H17N3O2S3/c1-7-9(17-10(11)13-7)18(14,15)12-6-8-4-2-3-5-16-8/h8,12H,2-6H2,1H3,(H2,11,13). The molecule has 0 aromatic carbocycles. The quantitative estimate of drug-likeness (QED) is 0.882. The van der Waals surface area contributed by atoms with Gasteiger partial charge in [0.25, 0.3) is 10.0 Å². The number of rotatable bonds is 4. The van der Waals surface area contributed by atoms with E-state index in [1.54, 1.807) is 6.92 Å². The van der Waals surface area contributed by atoms with Gasteiger partial charge in [0.1, 0.15) is 0 Å². The van der Waals surface area contributed by atoms with Crippen molar-refractivity contribution in [3.05, 3.63) is 5.69 Å². The first-order valence-electron chi connectivity index (χ1n) is 5.83. The summed E-state index contributed by atoms with van der Waals surface area (Å²) in [7, 11) is -3.46. The second kappa shape index (κ2) is 5.77. The molecule has 1 aliphatic heterocycles. The lowest BCUT2D eigenvalue weighted by atomic mass is 10.2. The molecule has 1 unspecified atom stereocenters. The van der Waals surface area contributed by atoms with Crippen molar-refractivity contribution in [3.63, 3.8) is 0 Å². The molecule has 1 atom stereocenters. The Labute approximate surface area is 116 Å². The van der Waals surface area contributed by atoms with Crippen molar-refractivity contribution in [3.8, 4) is 0 Å². The van der Waals surface area contributed by atoms with Crippen LogP contribution in [0.4, 0.5) is 5.13 Å². The highest BCUT2D eigenvalue weighted by Gasteiger charge is 2.23. The molecule has 0 radical (unpaired) electrons. The highest BCUT2D eigenvalue weighted by Crippen LogP contribution is 2.27. The SMILES string of the molecule is Cc1nc(N)sc1S(=O)(=O)NCC1CCCCS1. The van der Waals surface area contributed by atoms with Gasteiger partial charge in [-0.05, 0) is 25.5 Å². The monoisotopic (exact) mass is 307 g/mol. The first-order valence-corrected chi connectivity index (χ1v) is 9.18. The van der Waals surface area contributed by atoms with Crippen molar-refractivity contribution < 1.29 is 8.42 Å². The van der Waals surface area contributed by atoms with Crippen LogP contribution < -0.4 is 10.5 Å². The van der Waals surface area contributed by atoms with E-state index in [4.69, 9.17) is 5.73 Å². The summed E-state index contributed by atoms with van der Waals surface area (Å²) < 4.78 is 27.1. The van der Waals surface area contributed by atoms with Crippen LogP contribution in [0, 0.1) is 6.92 Å². The number of hydrogen-bond donors (Lipinski definition) is 2. The van der Waals surface area contributed by atoms with Gasteiger partial charge in [0.15, 0.2) is 9.34 Å². The van der Waals surface area contributed by atoms with Crippen molar-refractivity contribution in [2.45, 2.75) is 35.6 Å². The molecule has 0 saturated carbocycles. The van der Waals surface area contributed by atoms with Crippen LogP contribution in [0.3, 0.4) is 0 Å². The average Bonchev–Trinajstić information content (AvgIpc) is 2.68. The van der Waals surface area contributed by atoms with Crippen LogP contribution in [-0.4, -0.2) is 30.9 Å². The molecule has 1 aromatic heterocycles.